The molecular formula is C43H77N2O4+. The Balaban J connectivity index is 2.14. The van der Waals surface area contributed by atoms with Crippen molar-refractivity contribution in [2.24, 2.45) is 0 Å². The van der Waals surface area contributed by atoms with Crippen LogP contribution in [0.25, 0.3) is 0 Å². The number of imidazole rings is 1. The molecule has 0 aliphatic heterocycles. The monoisotopic (exact) mass is 686 g/mol. The summed E-state index contributed by atoms with van der Waals surface area (Å²) in [6.45, 7) is 5.60. The van der Waals surface area contributed by atoms with Gasteiger partial charge in [0, 0.05) is 12.8 Å². The second kappa shape index (κ2) is 34.2. The maximum absolute atomic E-state index is 13.2. The number of Topliss-reactive ketones (excluding diaryl/α,β-unsaturated/α-hetero) is 1. The van der Waals surface area contributed by atoms with Crippen molar-refractivity contribution in [1.82, 2.24) is 4.57 Å². The molecule has 1 heterocycles. The van der Waals surface area contributed by atoms with E-state index in [9.17, 15) is 14.7 Å². The number of ether oxygens (including phenoxy) is 1. The standard InChI is InChI=1S/C43H77N2O4/c1-3-5-7-9-11-13-15-17-19-21-23-25-27-29-31-33-41(47)43-44(37-39-46)35-36-45(43)38-40-49-42(48)34-32-30-28-26-24-22-20-18-16-14-12-10-8-6-4-2/h17-20,35-36,46H,3-16,21-34,37-40H2,1-2H3/q+1/b19-17-,20-18-. The number of rotatable bonds is 36. The zero-order chi connectivity index (χ0) is 35.5. The van der Waals surface area contributed by atoms with E-state index in [4.69, 9.17) is 4.74 Å². The van der Waals surface area contributed by atoms with E-state index in [1.165, 1.54) is 116 Å². The Morgan fingerprint density at radius 3 is 1.53 bits per heavy atom. The molecule has 1 aromatic heterocycles. The van der Waals surface area contributed by atoms with Gasteiger partial charge < -0.3 is 9.84 Å². The van der Waals surface area contributed by atoms with E-state index in [1.807, 2.05) is 21.5 Å². The first-order chi connectivity index (χ1) is 24.1. The number of carbonyl (C=O) groups is 2. The first-order valence-corrected chi connectivity index (χ1v) is 20.8. The summed E-state index contributed by atoms with van der Waals surface area (Å²) in [6, 6.07) is 0. The van der Waals surface area contributed by atoms with E-state index in [0.29, 0.717) is 31.8 Å². The van der Waals surface area contributed by atoms with Crippen LogP contribution < -0.4 is 4.57 Å². The summed E-state index contributed by atoms with van der Waals surface area (Å²) in [6.07, 6.45) is 46.1. The van der Waals surface area contributed by atoms with E-state index in [0.717, 1.165) is 51.4 Å². The molecular weight excluding hydrogens is 608 g/mol. The number of carbonyl (C=O) groups excluding carboxylic acids is 2. The number of unbranched alkanes of at least 4 members (excludes halogenated alkanes) is 22. The molecule has 0 aromatic carbocycles. The van der Waals surface area contributed by atoms with Gasteiger partial charge in [-0.05, 0) is 64.2 Å². The molecule has 0 saturated heterocycles. The lowest BCUT2D eigenvalue weighted by molar-refractivity contribution is -0.699. The van der Waals surface area contributed by atoms with Gasteiger partial charge >= 0.3 is 11.8 Å². The smallest absolute Gasteiger partial charge is 0.325 e. The number of aliphatic hydroxyl groups is 1. The van der Waals surface area contributed by atoms with Crippen LogP contribution >= 0.6 is 0 Å². The van der Waals surface area contributed by atoms with Crippen LogP contribution in [-0.2, 0) is 22.6 Å². The zero-order valence-electron chi connectivity index (χ0n) is 32.2. The predicted octanol–water partition coefficient (Wildman–Crippen LogP) is 11.6. The fourth-order valence-electron chi connectivity index (χ4n) is 6.39. The highest BCUT2D eigenvalue weighted by molar-refractivity contribution is 5.91. The Morgan fingerprint density at radius 2 is 1.06 bits per heavy atom. The minimum absolute atomic E-state index is 0.0205. The average Bonchev–Trinajstić information content (AvgIpc) is 3.50. The minimum atomic E-state index is -0.158. The molecule has 0 spiro atoms. The van der Waals surface area contributed by atoms with E-state index in [-0.39, 0.29) is 25.0 Å². The molecule has 0 aliphatic rings. The fourth-order valence-corrected chi connectivity index (χ4v) is 6.39. The summed E-state index contributed by atoms with van der Waals surface area (Å²) in [5.41, 5.74) is 0. The third-order valence-corrected chi connectivity index (χ3v) is 9.46. The highest BCUT2D eigenvalue weighted by atomic mass is 16.5. The SMILES string of the molecule is CCCCCCCC/C=C\CCCCCCCC(=O)OCCn1cc[n+](CCO)c1C(=O)CCCCCCC/C=C\CCCCCCCC. The van der Waals surface area contributed by atoms with Crippen molar-refractivity contribution in [1.29, 1.82) is 0 Å². The second-order valence-corrected chi connectivity index (χ2v) is 14.0. The highest BCUT2D eigenvalue weighted by Gasteiger charge is 2.24. The van der Waals surface area contributed by atoms with Crippen LogP contribution in [0.15, 0.2) is 36.7 Å². The van der Waals surface area contributed by atoms with Crippen molar-refractivity contribution in [2.45, 2.75) is 207 Å². The zero-order valence-corrected chi connectivity index (χ0v) is 32.2. The predicted molar refractivity (Wildman–Crippen MR) is 206 cm³/mol. The molecule has 0 fully saturated rings. The Kier molecular flexibility index (Phi) is 31.3. The molecule has 0 aliphatic carbocycles. The molecule has 0 saturated carbocycles. The van der Waals surface area contributed by atoms with Gasteiger partial charge in [0.25, 0.3) is 0 Å². The number of hydrogen-bond donors (Lipinski definition) is 1. The lowest BCUT2D eigenvalue weighted by atomic mass is 10.1. The summed E-state index contributed by atoms with van der Waals surface area (Å²) < 4.78 is 9.22. The van der Waals surface area contributed by atoms with Crippen LogP contribution in [0.4, 0.5) is 0 Å². The molecule has 0 atom stereocenters. The molecule has 0 radical (unpaired) electrons. The number of ketones is 1. The Morgan fingerprint density at radius 1 is 0.633 bits per heavy atom. The molecule has 6 nitrogen and oxygen atoms in total. The summed E-state index contributed by atoms with van der Waals surface area (Å²) >= 11 is 0. The van der Waals surface area contributed by atoms with Gasteiger partial charge in [0.2, 0.25) is 5.78 Å². The minimum Gasteiger partial charge on any atom is -0.461 e. The molecule has 0 bridgehead atoms. The number of nitrogens with zero attached hydrogens (tertiary/aromatic N) is 2. The van der Waals surface area contributed by atoms with Crippen LogP contribution in [0, 0.1) is 0 Å². The molecule has 1 aromatic rings. The van der Waals surface area contributed by atoms with Gasteiger partial charge in [-0.2, -0.15) is 0 Å². The van der Waals surface area contributed by atoms with Crippen LogP contribution in [-0.4, -0.2) is 34.6 Å². The molecule has 0 unspecified atom stereocenters. The Labute approximate surface area is 302 Å². The van der Waals surface area contributed by atoms with Crippen LogP contribution in [0.5, 0.6) is 0 Å². The fraction of sp³-hybridized carbons (Fsp3) is 0.791. The van der Waals surface area contributed by atoms with Gasteiger partial charge in [-0.3, -0.25) is 9.59 Å². The number of esters is 1. The van der Waals surface area contributed by atoms with Crippen molar-refractivity contribution in [3.05, 3.63) is 42.5 Å². The number of hydrogen-bond acceptors (Lipinski definition) is 4. The highest BCUT2D eigenvalue weighted by Crippen LogP contribution is 2.13. The lowest BCUT2D eigenvalue weighted by Crippen LogP contribution is -2.41. The second-order valence-electron chi connectivity index (χ2n) is 14.0. The average molecular weight is 686 g/mol. The van der Waals surface area contributed by atoms with Crippen LogP contribution in [0.2, 0.25) is 0 Å². The number of allylic oxidation sites excluding steroid dienone is 4. The first kappa shape index (κ1) is 44.8. The molecule has 1 rings (SSSR count). The number of aliphatic hydroxyl groups excluding tert-OH is 1. The Hall–Kier alpha value is -2.21. The maximum Gasteiger partial charge on any atom is 0.325 e. The molecule has 0 amide bonds. The van der Waals surface area contributed by atoms with Crippen molar-refractivity contribution in [3.8, 4) is 0 Å². The normalized spacial score (nSPS) is 11.7. The van der Waals surface area contributed by atoms with Crippen molar-refractivity contribution < 1.29 is 24.0 Å². The largest absolute Gasteiger partial charge is 0.461 e. The van der Waals surface area contributed by atoms with Gasteiger partial charge in [0.15, 0.2) is 0 Å². The van der Waals surface area contributed by atoms with Crippen LogP contribution in [0.1, 0.15) is 204 Å². The van der Waals surface area contributed by atoms with Crippen molar-refractivity contribution >= 4 is 11.8 Å². The summed E-state index contributed by atoms with van der Waals surface area (Å²) in [5, 5.41) is 9.51. The van der Waals surface area contributed by atoms with E-state index in [2.05, 4.69) is 38.2 Å². The summed E-state index contributed by atoms with van der Waals surface area (Å²) in [5.74, 6) is 0.530. The lowest BCUT2D eigenvalue weighted by Gasteiger charge is -2.06. The molecule has 1 N–H and O–H groups in total. The molecule has 6 heteroatoms. The van der Waals surface area contributed by atoms with E-state index < -0.39 is 0 Å². The maximum atomic E-state index is 13.2. The third kappa shape index (κ3) is 26.3. The third-order valence-electron chi connectivity index (χ3n) is 9.46. The van der Waals surface area contributed by atoms with Gasteiger partial charge in [-0.25, -0.2) is 9.13 Å². The number of aromatic nitrogens is 2. The topological polar surface area (TPSA) is 72.4 Å². The van der Waals surface area contributed by atoms with Gasteiger partial charge in [-0.1, -0.05) is 141 Å². The van der Waals surface area contributed by atoms with Gasteiger partial charge in [-0.15, -0.1) is 0 Å². The molecule has 282 valence electrons. The Bertz CT molecular complexity index is 967. The summed E-state index contributed by atoms with van der Waals surface area (Å²) in [7, 11) is 0. The molecule has 49 heavy (non-hydrogen) atoms. The van der Waals surface area contributed by atoms with E-state index >= 15 is 0 Å². The quantitative estimate of drug-likeness (QED) is 0.0251. The van der Waals surface area contributed by atoms with E-state index in [1.54, 1.807) is 0 Å². The van der Waals surface area contributed by atoms with Gasteiger partial charge in [0.1, 0.15) is 32.1 Å². The van der Waals surface area contributed by atoms with Crippen molar-refractivity contribution in [3.63, 3.8) is 0 Å². The first-order valence-electron chi connectivity index (χ1n) is 20.8. The van der Waals surface area contributed by atoms with Gasteiger partial charge in [0.05, 0.1) is 6.61 Å². The summed E-state index contributed by atoms with van der Waals surface area (Å²) in [4.78, 5) is 25.5. The van der Waals surface area contributed by atoms with Crippen LogP contribution in [0.3, 0.4) is 0 Å². The van der Waals surface area contributed by atoms with Crippen molar-refractivity contribution in [2.75, 3.05) is 13.2 Å².